The van der Waals surface area contributed by atoms with Gasteiger partial charge in [-0.05, 0) is 37.1 Å². The van der Waals surface area contributed by atoms with Gasteiger partial charge in [-0.1, -0.05) is 90.9 Å². The smallest absolute Gasteiger partial charge is 0.172 e. The van der Waals surface area contributed by atoms with Gasteiger partial charge in [0.1, 0.15) is 0 Å². The molecule has 0 atom stereocenters. The van der Waals surface area contributed by atoms with Crippen LogP contribution in [0, 0.1) is 0 Å². The summed E-state index contributed by atoms with van der Waals surface area (Å²) < 4.78 is 7.54. The van der Waals surface area contributed by atoms with Gasteiger partial charge in [0.2, 0.25) is 0 Å². The third-order valence-electron chi connectivity index (χ3n) is 7.97. The molecular formula is C34H42O2S4. The molecule has 0 radical (unpaired) electrons. The standard InChI is InChI=1S/C34H42O2S4/c1-3-5-7-9-11-13-15-17-25(35)29-21-31-33(39-29)23-19-28-24(20-27(23)37-31)34-32(38-28)22-30(40-34)26(36)18-16-14-12-10-8-6-4-2/h19-22H,3-18H2,1-2H3. The minimum absolute atomic E-state index is 0.307. The molecule has 6 heteroatoms. The molecular weight excluding hydrogens is 569 g/mol. The Hall–Kier alpha value is -1.60. The molecule has 4 heterocycles. The lowest BCUT2D eigenvalue weighted by Gasteiger charge is -2.00. The summed E-state index contributed by atoms with van der Waals surface area (Å²) in [6.07, 6.45) is 18.7. The maximum absolute atomic E-state index is 12.9. The number of Topliss-reactive ketones (excluding diaryl/α,β-unsaturated/α-hetero) is 2. The highest BCUT2D eigenvalue weighted by atomic mass is 32.1. The van der Waals surface area contributed by atoms with Crippen LogP contribution in [-0.2, 0) is 0 Å². The Balaban J connectivity index is 1.23. The van der Waals surface area contributed by atoms with Gasteiger partial charge in [-0.3, -0.25) is 9.59 Å². The van der Waals surface area contributed by atoms with E-state index >= 15 is 0 Å². The van der Waals surface area contributed by atoms with E-state index in [0.29, 0.717) is 24.4 Å². The van der Waals surface area contributed by atoms with Gasteiger partial charge in [0.05, 0.1) is 19.2 Å². The Labute approximate surface area is 254 Å². The van der Waals surface area contributed by atoms with Crippen molar-refractivity contribution in [2.75, 3.05) is 0 Å². The van der Waals surface area contributed by atoms with E-state index in [0.717, 1.165) is 35.4 Å². The van der Waals surface area contributed by atoms with Crippen molar-refractivity contribution < 1.29 is 9.59 Å². The molecule has 5 rings (SSSR count). The molecule has 40 heavy (non-hydrogen) atoms. The van der Waals surface area contributed by atoms with Gasteiger partial charge in [-0.25, -0.2) is 0 Å². The van der Waals surface area contributed by atoms with Crippen molar-refractivity contribution in [3.63, 3.8) is 0 Å². The van der Waals surface area contributed by atoms with E-state index in [2.05, 4.69) is 38.1 Å². The number of unbranched alkanes of at least 4 members (excludes halogenated alkanes) is 12. The molecule has 0 aliphatic heterocycles. The fourth-order valence-electron chi connectivity index (χ4n) is 5.60. The van der Waals surface area contributed by atoms with Crippen molar-refractivity contribution in [1.29, 1.82) is 0 Å². The van der Waals surface area contributed by atoms with Crippen molar-refractivity contribution in [3.05, 3.63) is 34.0 Å². The molecule has 0 spiro atoms. The summed E-state index contributed by atoms with van der Waals surface area (Å²) in [4.78, 5) is 27.6. The molecule has 0 amide bonds. The Kier molecular flexibility index (Phi) is 10.9. The molecule has 0 fully saturated rings. The number of carbonyl (C=O) groups excluding carboxylic acids is 2. The van der Waals surface area contributed by atoms with Crippen LogP contribution in [0.2, 0.25) is 0 Å². The van der Waals surface area contributed by atoms with E-state index in [1.165, 1.54) is 103 Å². The first-order valence-corrected chi connectivity index (χ1v) is 18.7. The molecule has 5 aromatic rings. The SMILES string of the molecule is CCCCCCCCCC(=O)c1cc2sc3cc4c(cc3c2s1)sc1cc(C(=O)CCCCCCCCC)sc14. The van der Waals surface area contributed by atoms with Crippen LogP contribution in [0.15, 0.2) is 24.3 Å². The average Bonchev–Trinajstić information content (AvgIpc) is 3.70. The van der Waals surface area contributed by atoms with Gasteiger partial charge in [0.25, 0.3) is 0 Å². The number of ketones is 2. The van der Waals surface area contributed by atoms with Crippen molar-refractivity contribution >= 4 is 95.9 Å². The van der Waals surface area contributed by atoms with E-state index < -0.39 is 0 Å². The summed E-state index contributed by atoms with van der Waals surface area (Å²) in [5.41, 5.74) is 0. The second-order valence-corrected chi connectivity index (χ2v) is 15.5. The first-order chi connectivity index (χ1) is 19.6. The van der Waals surface area contributed by atoms with Crippen molar-refractivity contribution in [1.82, 2.24) is 0 Å². The largest absolute Gasteiger partial charge is 0.293 e. The zero-order valence-corrected chi connectivity index (χ0v) is 27.3. The maximum atomic E-state index is 12.9. The highest BCUT2D eigenvalue weighted by molar-refractivity contribution is 7.35. The lowest BCUT2D eigenvalue weighted by atomic mass is 10.1. The quantitative estimate of drug-likeness (QED) is 0.0730. The summed E-state index contributed by atoms with van der Waals surface area (Å²) in [5, 5.41) is 2.55. The van der Waals surface area contributed by atoms with Gasteiger partial charge < -0.3 is 0 Å². The number of thiophene rings is 4. The van der Waals surface area contributed by atoms with Crippen LogP contribution in [0.25, 0.3) is 39.0 Å². The summed E-state index contributed by atoms with van der Waals surface area (Å²) in [6, 6.07) is 8.90. The van der Waals surface area contributed by atoms with E-state index in [4.69, 9.17) is 0 Å². The third kappa shape index (κ3) is 7.06. The second kappa shape index (κ2) is 14.5. The summed E-state index contributed by atoms with van der Waals surface area (Å²) >= 11 is 6.96. The van der Waals surface area contributed by atoms with Crippen LogP contribution in [0.5, 0.6) is 0 Å². The number of hydrogen-bond acceptors (Lipinski definition) is 6. The van der Waals surface area contributed by atoms with Crippen LogP contribution in [0.3, 0.4) is 0 Å². The predicted molar refractivity (Wildman–Crippen MR) is 182 cm³/mol. The molecule has 0 N–H and O–H groups in total. The zero-order chi connectivity index (χ0) is 27.9. The van der Waals surface area contributed by atoms with Gasteiger partial charge >= 0.3 is 0 Å². The molecule has 4 aromatic heterocycles. The first kappa shape index (κ1) is 29.9. The van der Waals surface area contributed by atoms with Crippen LogP contribution in [-0.4, -0.2) is 11.6 Å². The molecule has 0 bridgehead atoms. The number of rotatable bonds is 18. The number of fused-ring (bicyclic) bond motifs is 6. The minimum atomic E-state index is 0.307. The highest BCUT2D eigenvalue weighted by Gasteiger charge is 2.18. The van der Waals surface area contributed by atoms with Crippen LogP contribution >= 0.6 is 45.3 Å². The van der Waals surface area contributed by atoms with Crippen molar-refractivity contribution in [2.45, 2.75) is 117 Å². The fraction of sp³-hybridized carbons (Fsp3) is 0.529. The third-order valence-corrected chi connectivity index (χ3v) is 12.8. The monoisotopic (exact) mass is 610 g/mol. The van der Waals surface area contributed by atoms with E-state index in [-0.39, 0.29) is 0 Å². The summed E-state index contributed by atoms with van der Waals surface area (Å²) in [6.45, 7) is 4.49. The Morgan fingerprint density at radius 2 is 0.850 bits per heavy atom. The molecule has 1 aromatic carbocycles. The van der Waals surface area contributed by atoms with E-state index in [1.54, 1.807) is 45.3 Å². The summed E-state index contributed by atoms with van der Waals surface area (Å²) in [5.74, 6) is 0.614. The lowest BCUT2D eigenvalue weighted by Crippen LogP contribution is -1.95. The Bertz CT molecular complexity index is 1460. The Morgan fingerprint density at radius 3 is 1.25 bits per heavy atom. The van der Waals surface area contributed by atoms with Gasteiger partial charge in [0.15, 0.2) is 11.6 Å². The van der Waals surface area contributed by atoms with Crippen LogP contribution < -0.4 is 0 Å². The summed E-state index contributed by atoms with van der Waals surface area (Å²) in [7, 11) is 0. The fourth-order valence-corrected chi connectivity index (χ4v) is 10.6. The lowest BCUT2D eigenvalue weighted by molar-refractivity contribution is 0.0975. The topological polar surface area (TPSA) is 34.1 Å². The normalized spacial score (nSPS) is 12.1. The van der Waals surface area contributed by atoms with Gasteiger partial charge in [-0.2, -0.15) is 0 Å². The molecule has 0 aliphatic rings. The van der Waals surface area contributed by atoms with E-state index in [1.807, 2.05) is 0 Å². The number of carbonyl (C=O) groups is 2. The van der Waals surface area contributed by atoms with Crippen LogP contribution in [0.4, 0.5) is 0 Å². The van der Waals surface area contributed by atoms with Gasteiger partial charge in [0, 0.05) is 42.4 Å². The van der Waals surface area contributed by atoms with Crippen molar-refractivity contribution in [2.24, 2.45) is 0 Å². The van der Waals surface area contributed by atoms with Crippen molar-refractivity contribution in [3.8, 4) is 0 Å². The highest BCUT2D eigenvalue weighted by Crippen LogP contribution is 2.46. The first-order valence-electron chi connectivity index (χ1n) is 15.5. The molecule has 214 valence electrons. The molecule has 2 nitrogen and oxygen atoms in total. The number of benzene rings is 1. The Morgan fingerprint density at radius 1 is 0.475 bits per heavy atom. The predicted octanol–water partition coefficient (Wildman–Crippen LogP) is 13.2. The molecule has 0 saturated carbocycles. The van der Waals surface area contributed by atoms with Crippen LogP contribution in [0.1, 0.15) is 136 Å². The minimum Gasteiger partial charge on any atom is -0.293 e. The van der Waals surface area contributed by atoms with Gasteiger partial charge in [-0.15, -0.1) is 45.3 Å². The molecule has 0 aliphatic carbocycles. The molecule has 0 unspecified atom stereocenters. The maximum Gasteiger partial charge on any atom is 0.172 e. The zero-order valence-electron chi connectivity index (χ0n) is 24.1. The molecule has 0 saturated heterocycles. The second-order valence-electron chi connectivity index (χ2n) is 11.2. The van der Waals surface area contributed by atoms with E-state index in [9.17, 15) is 9.59 Å². The number of hydrogen-bond donors (Lipinski definition) is 0. The average molecular weight is 611 g/mol.